The zero-order valence-electron chi connectivity index (χ0n) is 49.2. The molecule has 442 valence electrons. The summed E-state index contributed by atoms with van der Waals surface area (Å²) in [6, 6.07) is 68.8. The van der Waals surface area contributed by atoms with Gasteiger partial charge in [0.1, 0.15) is 66.8 Å². The summed E-state index contributed by atoms with van der Waals surface area (Å²) in [7, 11) is -1.55. The van der Waals surface area contributed by atoms with Crippen LogP contribution >= 0.6 is 0 Å². The van der Waals surface area contributed by atoms with Crippen molar-refractivity contribution in [1.82, 2.24) is 0 Å². The molecule has 3 fully saturated rings. The first-order valence-electron chi connectivity index (χ1n) is 29.2. The standard InChI is InChI=1S/C70H80O13Si/c1-49(71)79-67-66(81-59(61-68(67)83-70(5,6)82-61)48-78-84(69(2,3)4,56-34-22-12-23-35-56)57-36-24-13-25-37-57)64(77-46-54-38-40-55(72-7)41-39-54)65-63(76-45-53-32-20-11-21-33-53)62(75-44-52-30-18-10-19-31-52)60(74-43-51-28-16-9-17-29-51)58(80-65)47-73-42-50-26-14-8-15-27-50/h8-41,58-68H,42-48H2,1-7H3/t58-,59-,60-,61+,62+,63+,64+,65+,66+,67+,68+/m1/s1. The lowest BCUT2D eigenvalue weighted by Gasteiger charge is -2.52. The number of carbonyl (C=O) groups is 1. The first-order valence-corrected chi connectivity index (χ1v) is 31.1. The van der Waals surface area contributed by atoms with Crippen LogP contribution in [0.1, 0.15) is 69.4 Å². The summed E-state index contributed by atoms with van der Waals surface area (Å²) < 4.78 is 84.7. The monoisotopic (exact) mass is 1160 g/mol. The molecule has 0 amide bonds. The second kappa shape index (κ2) is 28.2. The average molecular weight is 1160 g/mol. The third kappa shape index (κ3) is 14.8. The molecule has 0 radical (unpaired) electrons. The number of esters is 1. The van der Waals surface area contributed by atoms with E-state index in [4.69, 9.17) is 56.5 Å². The van der Waals surface area contributed by atoms with Crippen LogP contribution < -0.4 is 15.1 Å². The van der Waals surface area contributed by atoms with Gasteiger partial charge in [0.2, 0.25) is 0 Å². The second-order valence-electron chi connectivity index (χ2n) is 23.3. The summed E-state index contributed by atoms with van der Waals surface area (Å²) in [5, 5.41) is 1.84. The van der Waals surface area contributed by atoms with Gasteiger partial charge in [0.25, 0.3) is 8.32 Å². The van der Waals surface area contributed by atoms with Gasteiger partial charge >= 0.3 is 5.97 Å². The molecule has 7 aromatic rings. The Morgan fingerprint density at radius 1 is 0.500 bits per heavy atom. The van der Waals surface area contributed by atoms with E-state index in [-0.39, 0.29) is 44.7 Å². The lowest BCUT2D eigenvalue weighted by molar-refractivity contribution is -0.313. The molecule has 14 heteroatoms. The zero-order chi connectivity index (χ0) is 58.5. The number of ether oxygens (including phenoxy) is 11. The minimum absolute atomic E-state index is 0.0748. The van der Waals surface area contributed by atoms with Gasteiger partial charge < -0.3 is 56.5 Å². The van der Waals surface area contributed by atoms with Crippen LogP contribution in [0.25, 0.3) is 0 Å². The number of methoxy groups -OCH3 is 1. The smallest absolute Gasteiger partial charge is 0.303 e. The van der Waals surface area contributed by atoms with Crippen LogP contribution in [0.5, 0.6) is 5.75 Å². The van der Waals surface area contributed by atoms with Crippen molar-refractivity contribution in [2.24, 2.45) is 0 Å². The second-order valence-corrected chi connectivity index (χ2v) is 27.6. The Hall–Kier alpha value is -6.37. The molecule has 10 rings (SSSR count). The highest BCUT2D eigenvalue weighted by atomic mass is 28.4. The fourth-order valence-electron chi connectivity index (χ4n) is 12.0. The van der Waals surface area contributed by atoms with Crippen LogP contribution in [0.3, 0.4) is 0 Å². The van der Waals surface area contributed by atoms with E-state index < -0.39 is 87.2 Å². The summed E-state index contributed by atoms with van der Waals surface area (Å²) in [5.41, 5.74) is 4.69. The van der Waals surface area contributed by atoms with E-state index in [9.17, 15) is 4.79 Å². The van der Waals surface area contributed by atoms with E-state index in [1.165, 1.54) is 6.92 Å². The largest absolute Gasteiger partial charge is 0.497 e. The third-order valence-corrected chi connectivity index (χ3v) is 20.9. The summed E-state index contributed by atoms with van der Waals surface area (Å²) in [5.74, 6) is -0.964. The predicted octanol–water partition coefficient (Wildman–Crippen LogP) is 11.1. The minimum Gasteiger partial charge on any atom is -0.497 e. The summed E-state index contributed by atoms with van der Waals surface area (Å²) in [6.07, 6.45) is -10.0. The highest BCUT2D eigenvalue weighted by Crippen LogP contribution is 2.45. The molecule has 0 unspecified atom stereocenters. The van der Waals surface area contributed by atoms with Gasteiger partial charge in [0.05, 0.1) is 53.4 Å². The van der Waals surface area contributed by atoms with Crippen LogP contribution in [0.2, 0.25) is 5.04 Å². The Kier molecular flexibility index (Phi) is 20.4. The Bertz CT molecular complexity index is 3040. The number of hydrogen-bond donors (Lipinski definition) is 0. The van der Waals surface area contributed by atoms with Gasteiger partial charge in [-0.3, -0.25) is 4.79 Å². The van der Waals surface area contributed by atoms with Crippen molar-refractivity contribution >= 4 is 24.7 Å². The number of fused-ring (bicyclic) bond motifs is 1. The zero-order valence-corrected chi connectivity index (χ0v) is 50.2. The van der Waals surface area contributed by atoms with Gasteiger partial charge in [-0.25, -0.2) is 0 Å². The lowest BCUT2D eigenvalue weighted by Crippen LogP contribution is -2.70. The van der Waals surface area contributed by atoms with Crippen LogP contribution in [-0.4, -0.2) is 108 Å². The Balaban J connectivity index is 1.12. The van der Waals surface area contributed by atoms with Gasteiger partial charge in [-0.15, -0.1) is 0 Å². The molecule has 7 aromatic carbocycles. The quantitative estimate of drug-likeness (QED) is 0.0398. The van der Waals surface area contributed by atoms with Gasteiger partial charge in [0, 0.05) is 6.92 Å². The predicted molar refractivity (Wildman–Crippen MR) is 323 cm³/mol. The molecule has 0 aliphatic carbocycles. The summed E-state index contributed by atoms with van der Waals surface area (Å²) >= 11 is 0. The first kappa shape index (κ1) is 60.7. The van der Waals surface area contributed by atoms with E-state index in [0.717, 1.165) is 38.2 Å². The van der Waals surface area contributed by atoms with E-state index in [1.807, 2.05) is 172 Å². The van der Waals surface area contributed by atoms with E-state index in [2.05, 4.69) is 69.3 Å². The molecule has 3 aliphatic rings. The molecule has 0 N–H and O–H groups in total. The summed E-state index contributed by atoms with van der Waals surface area (Å²) in [6.45, 7) is 13.0. The molecule has 13 nitrogen and oxygen atoms in total. The maximum atomic E-state index is 13.8. The van der Waals surface area contributed by atoms with Crippen molar-refractivity contribution < 1.29 is 61.3 Å². The van der Waals surface area contributed by atoms with E-state index in [0.29, 0.717) is 12.4 Å². The van der Waals surface area contributed by atoms with Gasteiger partial charge in [-0.1, -0.05) is 215 Å². The van der Waals surface area contributed by atoms with Crippen LogP contribution in [0.15, 0.2) is 206 Å². The average Bonchev–Trinajstić information content (AvgIpc) is 1.40. The fraction of sp³-hybridized carbons (Fsp3) is 0.386. The molecule has 0 saturated carbocycles. The molecule has 11 atom stereocenters. The molecule has 3 saturated heterocycles. The Morgan fingerprint density at radius 3 is 1.42 bits per heavy atom. The molecule has 0 bridgehead atoms. The fourth-order valence-corrected chi connectivity index (χ4v) is 16.5. The van der Waals surface area contributed by atoms with Crippen molar-refractivity contribution in [2.75, 3.05) is 20.3 Å². The Morgan fingerprint density at radius 2 is 0.929 bits per heavy atom. The van der Waals surface area contributed by atoms with Crippen molar-refractivity contribution in [2.45, 2.75) is 153 Å². The lowest BCUT2D eigenvalue weighted by atomic mass is 9.85. The van der Waals surface area contributed by atoms with Crippen molar-refractivity contribution in [3.63, 3.8) is 0 Å². The third-order valence-electron chi connectivity index (χ3n) is 15.9. The highest BCUT2D eigenvalue weighted by molar-refractivity contribution is 6.99. The summed E-state index contributed by atoms with van der Waals surface area (Å²) in [4.78, 5) is 13.8. The van der Waals surface area contributed by atoms with Gasteiger partial charge in [-0.05, 0) is 69.2 Å². The molecular weight excluding hydrogens is 1080 g/mol. The van der Waals surface area contributed by atoms with Crippen molar-refractivity contribution in [1.29, 1.82) is 0 Å². The molecule has 0 aromatic heterocycles. The maximum Gasteiger partial charge on any atom is 0.303 e. The van der Waals surface area contributed by atoms with Crippen molar-refractivity contribution in [3.8, 4) is 5.75 Å². The topological polar surface area (TPSA) is 128 Å². The number of benzene rings is 7. The van der Waals surface area contributed by atoms with Gasteiger partial charge in [-0.2, -0.15) is 0 Å². The minimum atomic E-state index is -3.18. The number of hydrogen-bond acceptors (Lipinski definition) is 13. The molecule has 3 heterocycles. The van der Waals surface area contributed by atoms with Crippen LogP contribution in [0.4, 0.5) is 0 Å². The van der Waals surface area contributed by atoms with Crippen LogP contribution in [-0.2, 0) is 89.6 Å². The molecule has 0 spiro atoms. The normalized spacial score (nSPS) is 24.4. The number of carbonyl (C=O) groups excluding carboxylic acids is 1. The van der Waals surface area contributed by atoms with Gasteiger partial charge in [0.15, 0.2) is 11.9 Å². The number of rotatable bonds is 25. The van der Waals surface area contributed by atoms with Crippen LogP contribution in [0, 0.1) is 0 Å². The molecule has 84 heavy (non-hydrogen) atoms. The first-order chi connectivity index (χ1) is 40.8. The van der Waals surface area contributed by atoms with E-state index in [1.54, 1.807) is 7.11 Å². The maximum absolute atomic E-state index is 13.8. The molecule has 3 aliphatic heterocycles. The highest BCUT2D eigenvalue weighted by Gasteiger charge is 2.62. The van der Waals surface area contributed by atoms with Crippen molar-refractivity contribution in [3.05, 3.63) is 234 Å². The molecular formula is C70H80O13Si. The van der Waals surface area contributed by atoms with E-state index >= 15 is 0 Å². The Labute approximate surface area is 496 Å². The SMILES string of the molecule is COc1ccc(CO[C@@H]([C@H]2O[C@H](COCc3ccccc3)[C@@H](OCc3ccccc3)[C@H](OCc3ccccc3)[C@@H]2OCc2ccccc2)[C@@H]2O[C@H](CO[Si](c3ccccc3)(c3ccccc3)C(C)(C)C)[C@@H]3OC(C)(C)O[C@@H]3[C@H]2OC(C)=O)cc1.